The Labute approximate surface area is 178 Å². The number of amides is 3. The highest BCUT2D eigenvalue weighted by Crippen LogP contribution is 2.25. The number of Topliss-reactive ketones (excluding diaryl/α,β-unsaturated/α-hetero) is 1. The monoisotopic (exact) mass is 418 g/mol. The highest BCUT2D eigenvalue weighted by Gasteiger charge is 2.36. The van der Waals surface area contributed by atoms with Gasteiger partial charge in [-0.15, -0.1) is 0 Å². The summed E-state index contributed by atoms with van der Waals surface area (Å²) in [6.07, 6.45) is 3.18. The van der Waals surface area contributed by atoms with Crippen LogP contribution < -0.4 is 0 Å². The first-order chi connectivity index (χ1) is 14.2. The van der Waals surface area contributed by atoms with Gasteiger partial charge < -0.3 is 19.2 Å². The van der Waals surface area contributed by atoms with Crippen molar-refractivity contribution in [2.75, 3.05) is 32.7 Å². The van der Waals surface area contributed by atoms with E-state index in [9.17, 15) is 14.4 Å². The molecule has 0 aromatic carbocycles. The molecule has 0 aliphatic carbocycles. The molecule has 0 spiro atoms. The van der Waals surface area contributed by atoms with Gasteiger partial charge in [0.15, 0.2) is 5.78 Å². The predicted molar refractivity (Wildman–Crippen MR) is 112 cm³/mol. The highest BCUT2D eigenvalue weighted by molar-refractivity contribution is 5.90. The minimum Gasteiger partial charge on any atom is -0.361 e. The summed E-state index contributed by atoms with van der Waals surface area (Å²) in [6.45, 7) is 10.7. The number of carbonyl (C=O) groups is 3. The van der Waals surface area contributed by atoms with Crippen LogP contribution in [-0.2, 0) is 21.4 Å². The van der Waals surface area contributed by atoms with Crippen molar-refractivity contribution in [1.82, 2.24) is 19.9 Å². The van der Waals surface area contributed by atoms with Crippen LogP contribution >= 0.6 is 0 Å². The van der Waals surface area contributed by atoms with Crippen LogP contribution in [0.3, 0.4) is 0 Å². The molecule has 1 aromatic rings. The third kappa shape index (κ3) is 5.02. The third-order valence-electron chi connectivity index (χ3n) is 5.98. The second-order valence-electron chi connectivity index (χ2n) is 9.28. The van der Waals surface area contributed by atoms with Crippen molar-refractivity contribution in [1.29, 1.82) is 0 Å². The fraction of sp³-hybridized carbons (Fsp3) is 0.727. The molecule has 0 saturated carbocycles. The lowest BCUT2D eigenvalue weighted by molar-refractivity contribution is -0.132. The van der Waals surface area contributed by atoms with E-state index in [1.807, 2.05) is 33.8 Å². The van der Waals surface area contributed by atoms with Crippen molar-refractivity contribution in [3.05, 3.63) is 17.5 Å². The van der Waals surface area contributed by atoms with E-state index in [2.05, 4.69) is 5.16 Å². The summed E-state index contributed by atoms with van der Waals surface area (Å²) in [5.41, 5.74) is 0.456. The van der Waals surface area contributed by atoms with Crippen LogP contribution in [0.1, 0.15) is 64.8 Å². The smallest absolute Gasteiger partial charge is 0.320 e. The molecule has 0 bridgehead atoms. The van der Waals surface area contributed by atoms with Crippen LogP contribution in [-0.4, -0.2) is 76.3 Å². The van der Waals surface area contributed by atoms with Gasteiger partial charge in [0.1, 0.15) is 5.76 Å². The minimum atomic E-state index is -0.420. The Morgan fingerprint density at radius 1 is 1.07 bits per heavy atom. The zero-order valence-corrected chi connectivity index (χ0v) is 18.6. The Morgan fingerprint density at radius 2 is 1.73 bits per heavy atom. The molecule has 3 amide bonds. The number of nitrogens with zero attached hydrogens (tertiary/aromatic N) is 4. The average Bonchev–Trinajstić information content (AvgIpc) is 3.22. The highest BCUT2D eigenvalue weighted by atomic mass is 16.5. The molecule has 2 saturated heterocycles. The summed E-state index contributed by atoms with van der Waals surface area (Å²) in [5.74, 6) is 0.883. The quantitative estimate of drug-likeness (QED) is 0.750. The van der Waals surface area contributed by atoms with E-state index in [4.69, 9.17) is 4.52 Å². The molecule has 3 rings (SSSR count). The standard InChI is InChI=1S/C22H34N4O4/c1-5-20(28)24-10-12-25(13-11-24)21(29)26-9-7-6-8-17(26)18(27)14-16-15-19(30-23-16)22(2,3)4/h15,17H,5-14H2,1-4H3/t17-/m0/s1. The minimum absolute atomic E-state index is 0.0107. The first-order valence-electron chi connectivity index (χ1n) is 11.0. The second-order valence-corrected chi connectivity index (χ2v) is 9.28. The number of hydrogen-bond donors (Lipinski definition) is 0. The molecule has 3 heterocycles. The second kappa shape index (κ2) is 9.18. The lowest BCUT2D eigenvalue weighted by Crippen LogP contribution is -2.58. The van der Waals surface area contributed by atoms with Crippen LogP contribution in [0.4, 0.5) is 4.79 Å². The van der Waals surface area contributed by atoms with E-state index < -0.39 is 6.04 Å². The first kappa shape index (κ1) is 22.3. The maximum Gasteiger partial charge on any atom is 0.320 e. The summed E-state index contributed by atoms with van der Waals surface area (Å²) < 4.78 is 5.40. The Morgan fingerprint density at radius 3 is 2.33 bits per heavy atom. The Kier molecular flexibility index (Phi) is 6.83. The van der Waals surface area contributed by atoms with Gasteiger partial charge in [0.2, 0.25) is 5.91 Å². The molecule has 1 aromatic heterocycles. The molecule has 2 fully saturated rings. The summed E-state index contributed by atoms with van der Waals surface area (Å²) in [4.78, 5) is 43.4. The topological polar surface area (TPSA) is 87.0 Å². The SMILES string of the molecule is CCC(=O)N1CCN(C(=O)N2CCCC[C@H]2C(=O)Cc2cc(C(C)(C)C)on2)CC1. The van der Waals surface area contributed by atoms with E-state index >= 15 is 0 Å². The molecule has 8 nitrogen and oxygen atoms in total. The predicted octanol–water partition coefficient (Wildman–Crippen LogP) is 2.61. The third-order valence-corrected chi connectivity index (χ3v) is 5.98. The number of urea groups is 1. The number of hydrogen-bond acceptors (Lipinski definition) is 5. The molecule has 0 N–H and O–H groups in total. The largest absolute Gasteiger partial charge is 0.361 e. The van der Waals surface area contributed by atoms with Crippen LogP contribution in [0.25, 0.3) is 0 Å². The number of carbonyl (C=O) groups excluding carboxylic acids is 3. The van der Waals surface area contributed by atoms with Crippen LogP contribution in [0.15, 0.2) is 10.6 Å². The van der Waals surface area contributed by atoms with E-state index in [-0.39, 0.29) is 29.6 Å². The average molecular weight is 419 g/mol. The molecule has 8 heteroatoms. The van der Waals surface area contributed by atoms with Gasteiger partial charge in [0, 0.05) is 50.6 Å². The van der Waals surface area contributed by atoms with Crippen molar-refractivity contribution in [3.8, 4) is 0 Å². The zero-order chi connectivity index (χ0) is 21.9. The fourth-order valence-electron chi connectivity index (χ4n) is 4.09. The molecule has 0 unspecified atom stereocenters. The van der Waals surface area contributed by atoms with E-state index in [0.29, 0.717) is 51.3 Å². The van der Waals surface area contributed by atoms with Gasteiger partial charge in [-0.2, -0.15) is 0 Å². The van der Waals surface area contributed by atoms with Crippen molar-refractivity contribution < 1.29 is 18.9 Å². The van der Waals surface area contributed by atoms with Gasteiger partial charge in [-0.3, -0.25) is 9.59 Å². The van der Waals surface area contributed by atoms with Crippen LogP contribution in [0.5, 0.6) is 0 Å². The Balaban J connectivity index is 1.63. The molecule has 0 radical (unpaired) electrons. The molecule has 1 atom stereocenters. The fourth-order valence-corrected chi connectivity index (χ4v) is 4.09. The van der Waals surface area contributed by atoms with E-state index in [0.717, 1.165) is 18.6 Å². The number of rotatable bonds is 4. The molecular weight excluding hydrogens is 384 g/mol. The van der Waals surface area contributed by atoms with Gasteiger partial charge in [0.25, 0.3) is 0 Å². The molecular formula is C22H34N4O4. The van der Waals surface area contributed by atoms with Gasteiger partial charge in [-0.05, 0) is 19.3 Å². The van der Waals surface area contributed by atoms with Gasteiger partial charge in [-0.25, -0.2) is 4.79 Å². The van der Waals surface area contributed by atoms with Gasteiger partial charge in [0.05, 0.1) is 18.2 Å². The zero-order valence-electron chi connectivity index (χ0n) is 18.6. The number of piperidine rings is 1. The number of likely N-dealkylation sites (tertiary alicyclic amines) is 1. The summed E-state index contributed by atoms with van der Waals surface area (Å²) in [6, 6.07) is 1.33. The molecule has 2 aliphatic rings. The molecule has 30 heavy (non-hydrogen) atoms. The van der Waals surface area contributed by atoms with Crippen LogP contribution in [0, 0.1) is 0 Å². The summed E-state index contributed by atoms with van der Waals surface area (Å²) in [7, 11) is 0. The van der Waals surface area contributed by atoms with Crippen molar-refractivity contribution in [2.24, 2.45) is 0 Å². The van der Waals surface area contributed by atoms with Crippen molar-refractivity contribution in [2.45, 2.75) is 71.3 Å². The maximum absolute atomic E-state index is 13.2. The lowest BCUT2D eigenvalue weighted by atomic mass is 9.92. The van der Waals surface area contributed by atoms with Crippen molar-refractivity contribution >= 4 is 17.7 Å². The van der Waals surface area contributed by atoms with E-state index in [1.165, 1.54) is 0 Å². The molecule has 166 valence electrons. The Bertz CT molecular complexity index is 774. The Hall–Kier alpha value is -2.38. The van der Waals surface area contributed by atoms with Crippen LogP contribution in [0.2, 0.25) is 0 Å². The van der Waals surface area contributed by atoms with Gasteiger partial charge >= 0.3 is 6.03 Å². The number of piperazine rings is 1. The lowest BCUT2D eigenvalue weighted by Gasteiger charge is -2.41. The molecule has 2 aliphatic heterocycles. The number of ketones is 1. The van der Waals surface area contributed by atoms with Gasteiger partial charge in [-0.1, -0.05) is 32.9 Å². The number of aromatic nitrogens is 1. The van der Waals surface area contributed by atoms with Crippen molar-refractivity contribution in [3.63, 3.8) is 0 Å². The summed E-state index contributed by atoms with van der Waals surface area (Å²) >= 11 is 0. The normalized spacial score (nSPS) is 20.4. The summed E-state index contributed by atoms with van der Waals surface area (Å²) in [5, 5.41) is 4.06. The maximum atomic E-state index is 13.2. The van der Waals surface area contributed by atoms with E-state index in [1.54, 1.807) is 14.7 Å². The first-order valence-corrected chi connectivity index (χ1v) is 11.0.